The molecule has 1 aromatic carbocycles. The van der Waals surface area contributed by atoms with Crippen LogP contribution in [-0.4, -0.2) is 32.0 Å². The fraction of sp³-hybridized carbons (Fsp3) is 0.417. The number of esters is 1. The van der Waals surface area contributed by atoms with Gasteiger partial charge in [-0.2, -0.15) is 0 Å². The van der Waals surface area contributed by atoms with E-state index in [4.69, 9.17) is 16.2 Å². The zero-order valence-corrected chi connectivity index (χ0v) is 11.7. The molecular weight excluding hydrogens is 268 g/mol. The summed E-state index contributed by atoms with van der Waals surface area (Å²) in [4.78, 5) is 11.7. The molecule has 1 aromatic rings. The van der Waals surface area contributed by atoms with E-state index >= 15 is 0 Å². The van der Waals surface area contributed by atoms with Crippen molar-refractivity contribution < 1.29 is 17.9 Å². The van der Waals surface area contributed by atoms with Crippen LogP contribution in [0.15, 0.2) is 18.2 Å². The fourth-order valence-corrected chi connectivity index (χ4v) is 2.15. The predicted molar refractivity (Wildman–Crippen MR) is 74.5 cm³/mol. The van der Waals surface area contributed by atoms with E-state index in [-0.39, 0.29) is 17.9 Å². The lowest BCUT2D eigenvalue weighted by Gasteiger charge is -2.09. The molecule has 0 fully saturated rings. The van der Waals surface area contributed by atoms with Gasteiger partial charge in [0.1, 0.15) is 6.61 Å². The van der Waals surface area contributed by atoms with Crippen molar-refractivity contribution in [3.05, 3.63) is 23.8 Å². The third kappa shape index (κ3) is 4.44. The maximum atomic E-state index is 11.7. The van der Waals surface area contributed by atoms with Crippen LogP contribution in [0.4, 0.5) is 11.4 Å². The number of hydrogen-bond acceptors (Lipinski definition) is 6. The molecule has 0 aliphatic carbocycles. The molecule has 0 unspecified atom stereocenters. The van der Waals surface area contributed by atoms with Crippen LogP contribution in [0.2, 0.25) is 0 Å². The van der Waals surface area contributed by atoms with Crippen molar-refractivity contribution in [2.75, 3.05) is 23.8 Å². The van der Waals surface area contributed by atoms with E-state index in [2.05, 4.69) is 0 Å². The summed E-state index contributed by atoms with van der Waals surface area (Å²) in [6.45, 7) is 2.97. The summed E-state index contributed by atoms with van der Waals surface area (Å²) in [5, 5.41) is -0.491. The van der Waals surface area contributed by atoms with E-state index in [0.29, 0.717) is 11.4 Å². The molecule has 0 saturated carbocycles. The van der Waals surface area contributed by atoms with Gasteiger partial charge in [-0.3, -0.25) is 0 Å². The minimum atomic E-state index is -3.22. The highest BCUT2D eigenvalue weighted by Gasteiger charge is 2.17. The maximum absolute atomic E-state index is 11.7. The molecule has 19 heavy (non-hydrogen) atoms. The molecule has 4 N–H and O–H groups in total. The topological polar surface area (TPSA) is 112 Å². The molecule has 0 heterocycles. The monoisotopic (exact) mass is 286 g/mol. The molecule has 0 saturated heterocycles. The molecule has 0 radical (unpaired) electrons. The lowest BCUT2D eigenvalue weighted by molar-refractivity contribution is 0.0529. The number of nitrogens with two attached hydrogens (primary N) is 2. The van der Waals surface area contributed by atoms with Crippen molar-refractivity contribution in [1.82, 2.24) is 0 Å². The Morgan fingerprint density at radius 1 is 1.21 bits per heavy atom. The second-order valence-corrected chi connectivity index (χ2v) is 7.12. The number of benzene rings is 1. The van der Waals surface area contributed by atoms with E-state index in [9.17, 15) is 13.2 Å². The number of rotatable bonds is 5. The smallest absolute Gasteiger partial charge is 0.338 e. The van der Waals surface area contributed by atoms with Crippen LogP contribution in [0.3, 0.4) is 0 Å². The van der Waals surface area contributed by atoms with Crippen LogP contribution in [0.1, 0.15) is 24.2 Å². The van der Waals surface area contributed by atoms with Gasteiger partial charge in [0.2, 0.25) is 0 Å². The Morgan fingerprint density at radius 2 is 1.74 bits per heavy atom. The van der Waals surface area contributed by atoms with Crippen molar-refractivity contribution in [1.29, 1.82) is 0 Å². The van der Waals surface area contributed by atoms with Gasteiger partial charge in [0.25, 0.3) is 0 Å². The predicted octanol–water partition coefficient (Wildman–Crippen LogP) is 0.831. The highest BCUT2D eigenvalue weighted by Crippen LogP contribution is 2.14. The summed E-state index contributed by atoms with van der Waals surface area (Å²) in [6, 6.07) is 4.37. The molecule has 0 bridgehead atoms. The second-order valence-electron chi connectivity index (χ2n) is 4.44. The maximum Gasteiger partial charge on any atom is 0.338 e. The Morgan fingerprint density at radius 3 is 2.21 bits per heavy atom. The molecule has 0 atom stereocenters. The molecule has 7 heteroatoms. The largest absolute Gasteiger partial charge is 0.461 e. The molecule has 106 valence electrons. The lowest BCUT2D eigenvalue weighted by atomic mass is 10.2. The third-order valence-electron chi connectivity index (χ3n) is 2.53. The summed E-state index contributed by atoms with van der Waals surface area (Å²) >= 11 is 0. The second kappa shape index (κ2) is 5.92. The number of anilines is 2. The average molecular weight is 286 g/mol. The number of carbonyl (C=O) groups excluding carboxylic acids is 1. The molecule has 0 amide bonds. The first kappa shape index (κ1) is 15.3. The minimum absolute atomic E-state index is 0.186. The lowest BCUT2D eigenvalue weighted by Crippen LogP contribution is -2.22. The average Bonchev–Trinajstić information content (AvgIpc) is 2.27. The fourth-order valence-electron chi connectivity index (χ4n) is 1.36. The van der Waals surface area contributed by atoms with E-state index in [1.54, 1.807) is 13.8 Å². The van der Waals surface area contributed by atoms with Crippen LogP contribution in [-0.2, 0) is 14.6 Å². The molecule has 0 aliphatic heterocycles. The number of ether oxygens (including phenoxy) is 1. The van der Waals surface area contributed by atoms with Crippen molar-refractivity contribution in [3.63, 3.8) is 0 Å². The summed E-state index contributed by atoms with van der Waals surface area (Å²) < 4.78 is 27.9. The Hall–Kier alpha value is -1.76. The Bertz CT molecular complexity index is 547. The summed E-state index contributed by atoms with van der Waals surface area (Å²) in [5.41, 5.74) is 12.0. The van der Waals surface area contributed by atoms with Gasteiger partial charge in [0, 0.05) is 11.4 Å². The van der Waals surface area contributed by atoms with Crippen LogP contribution >= 0.6 is 0 Å². The van der Waals surface area contributed by atoms with Gasteiger partial charge in [0.15, 0.2) is 9.84 Å². The summed E-state index contributed by atoms with van der Waals surface area (Å²) in [7, 11) is -3.22. The van der Waals surface area contributed by atoms with Crippen molar-refractivity contribution >= 4 is 27.2 Å². The van der Waals surface area contributed by atoms with Crippen molar-refractivity contribution in [3.8, 4) is 0 Å². The van der Waals surface area contributed by atoms with Gasteiger partial charge in [-0.25, -0.2) is 13.2 Å². The van der Waals surface area contributed by atoms with Crippen molar-refractivity contribution in [2.45, 2.75) is 19.1 Å². The van der Waals surface area contributed by atoms with Gasteiger partial charge in [-0.1, -0.05) is 0 Å². The van der Waals surface area contributed by atoms with Crippen LogP contribution in [0, 0.1) is 0 Å². The molecule has 1 rings (SSSR count). The summed E-state index contributed by atoms with van der Waals surface area (Å²) in [5.74, 6) is -0.841. The molecule has 0 aliphatic rings. The third-order valence-corrected chi connectivity index (χ3v) is 4.70. The Kier molecular flexibility index (Phi) is 4.77. The standard InChI is InChI=1S/C12H18N2O4S/c1-8(2)19(16,17)4-3-18-12(15)9-5-10(13)7-11(14)6-9/h5-8H,3-4,13-14H2,1-2H3. The van der Waals surface area contributed by atoms with Gasteiger partial charge in [-0.05, 0) is 32.0 Å². The molecule has 6 nitrogen and oxygen atoms in total. The van der Waals surface area contributed by atoms with E-state index in [0.717, 1.165) is 0 Å². The van der Waals surface area contributed by atoms with Crippen molar-refractivity contribution in [2.24, 2.45) is 0 Å². The molecule has 0 spiro atoms. The number of carbonyl (C=O) groups is 1. The number of nitrogen functional groups attached to an aromatic ring is 2. The normalized spacial score (nSPS) is 11.5. The zero-order valence-electron chi connectivity index (χ0n) is 10.9. The van der Waals surface area contributed by atoms with Gasteiger partial charge < -0.3 is 16.2 Å². The summed E-state index contributed by atoms with van der Waals surface area (Å²) in [6.07, 6.45) is 0. The van der Waals surface area contributed by atoms with E-state index in [1.165, 1.54) is 18.2 Å². The molecule has 0 aromatic heterocycles. The van der Waals surface area contributed by atoms with Gasteiger partial charge in [0.05, 0.1) is 16.6 Å². The van der Waals surface area contributed by atoms with E-state index in [1.807, 2.05) is 0 Å². The van der Waals surface area contributed by atoms with Crippen LogP contribution < -0.4 is 11.5 Å². The first-order valence-corrected chi connectivity index (χ1v) is 7.48. The zero-order chi connectivity index (χ0) is 14.6. The quantitative estimate of drug-likeness (QED) is 0.612. The SMILES string of the molecule is CC(C)S(=O)(=O)CCOC(=O)c1cc(N)cc(N)c1. The van der Waals surface area contributed by atoms with Crippen LogP contribution in [0.5, 0.6) is 0 Å². The highest BCUT2D eigenvalue weighted by molar-refractivity contribution is 7.91. The van der Waals surface area contributed by atoms with E-state index < -0.39 is 21.1 Å². The highest BCUT2D eigenvalue weighted by atomic mass is 32.2. The van der Waals surface area contributed by atoms with Crippen LogP contribution in [0.25, 0.3) is 0 Å². The Labute approximate surface area is 112 Å². The first-order valence-electron chi connectivity index (χ1n) is 5.77. The van der Waals surface area contributed by atoms with Gasteiger partial charge >= 0.3 is 5.97 Å². The van der Waals surface area contributed by atoms with Gasteiger partial charge in [-0.15, -0.1) is 0 Å². The molecular formula is C12H18N2O4S. The number of sulfone groups is 1. The first-order chi connectivity index (χ1) is 8.72. The Balaban J connectivity index is 2.62. The number of hydrogen-bond donors (Lipinski definition) is 2. The minimum Gasteiger partial charge on any atom is -0.461 e.